The first-order valence-electron chi connectivity index (χ1n) is 5.71. The predicted molar refractivity (Wildman–Crippen MR) is 72.6 cm³/mol. The van der Waals surface area contributed by atoms with Crippen molar-refractivity contribution in [1.82, 2.24) is 9.78 Å². The molecular formula is C12H10ClN3O5. The van der Waals surface area contributed by atoms with Crippen LogP contribution in [0.2, 0.25) is 5.02 Å². The van der Waals surface area contributed by atoms with Gasteiger partial charge in [0.2, 0.25) is 0 Å². The van der Waals surface area contributed by atoms with Crippen LogP contribution in [0.15, 0.2) is 24.4 Å². The number of hydrogen-bond acceptors (Lipinski definition) is 5. The number of aromatic carboxylic acids is 1. The van der Waals surface area contributed by atoms with Crippen LogP contribution in [0.25, 0.3) is 0 Å². The molecule has 0 radical (unpaired) electrons. The Morgan fingerprint density at radius 3 is 2.90 bits per heavy atom. The van der Waals surface area contributed by atoms with Gasteiger partial charge in [-0.15, -0.1) is 0 Å². The standard InChI is InChI=1S/C12H10ClN3O5/c1-15-10(8(5-14-15)12(17)18)6-21-11-3-2-7(13)4-9(11)16(19)20/h2-5H,6H2,1H3,(H,17,18). The average Bonchev–Trinajstić information content (AvgIpc) is 2.78. The van der Waals surface area contributed by atoms with Gasteiger partial charge in [0.1, 0.15) is 12.2 Å². The van der Waals surface area contributed by atoms with Crippen LogP contribution >= 0.6 is 11.6 Å². The van der Waals surface area contributed by atoms with Gasteiger partial charge in [-0.05, 0) is 12.1 Å². The largest absolute Gasteiger partial charge is 0.480 e. The fraction of sp³-hybridized carbons (Fsp3) is 0.167. The van der Waals surface area contributed by atoms with Crippen molar-refractivity contribution in [2.45, 2.75) is 6.61 Å². The zero-order chi connectivity index (χ0) is 15.6. The van der Waals surface area contributed by atoms with Crippen LogP contribution < -0.4 is 4.74 Å². The molecule has 0 atom stereocenters. The summed E-state index contributed by atoms with van der Waals surface area (Å²) in [6.45, 7) is -0.166. The lowest BCUT2D eigenvalue weighted by atomic mass is 10.2. The summed E-state index contributed by atoms with van der Waals surface area (Å²) < 4.78 is 6.68. The summed E-state index contributed by atoms with van der Waals surface area (Å²) in [6.07, 6.45) is 1.19. The Morgan fingerprint density at radius 2 is 2.29 bits per heavy atom. The van der Waals surface area contributed by atoms with Gasteiger partial charge < -0.3 is 9.84 Å². The fourth-order valence-electron chi connectivity index (χ4n) is 1.71. The van der Waals surface area contributed by atoms with Crippen molar-refractivity contribution in [1.29, 1.82) is 0 Å². The number of hydrogen-bond donors (Lipinski definition) is 1. The van der Waals surface area contributed by atoms with Crippen molar-refractivity contribution in [3.8, 4) is 5.75 Å². The highest BCUT2D eigenvalue weighted by Crippen LogP contribution is 2.30. The van der Waals surface area contributed by atoms with Crippen molar-refractivity contribution < 1.29 is 19.6 Å². The number of carboxylic acid groups (broad SMARTS) is 1. The molecule has 1 heterocycles. The van der Waals surface area contributed by atoms with Crippen LogP contribution in [0, 0.1) is 10.1 Å². The highest BCUT2D eigenvalue weighted by molar-refractivity contribution is 6.30. The van der Waals surface area contributed by atoms with E-state index in [1.165, 1.54) is 23.0 Å². The fourth-order valence-corrected chi connectivity index (χ4v) is 1.88. The molecule has 9 heteroatoms. The first-order chi connectivity index (χ1) is 9.90. The van der Waals surface area contributed by atoms with Crippen molar-refractivity contribution >= 4 is 23.3 Å². The van der Waals surface area contributed by atoms with E-state index in [1.54, 1.807) is 7.05 Å². The van der Waals surface area contributed by atoms with E-state index in [2.05, 4.69) is 5.10 Å². The van der Waals surface area contributed by atoms with Gasteiger partial charge in [0.05, 0.1) is 16.8 Å². The zero-order valence-electron chi connectivity index (χ0n) is 10.8. The normalized spacial score (nSPS) is 10.4. The number of nitrogens with zero attached hydrogens (tertiary/aromatic N) is 3. The second kappa shape index (κ2) is 5.80. The first kappa shape index (κ1) is 14.8. The molecule has 0 saturated heterocycles. The number of aryl methyl sites for hydroxylation is 1. The topological polar surface area (TPSA) is 107 Å². The number of benzene rings is 1. The van der Waals surface area contributed by atoms with Gasteiger partial charge in [-0.2, -0.15) is 5.10 Å². The minimum Gasteiger partial charge on any atom is -0.480 e. The van der Waals surface area contributed by atoms with Crippen molar-refractivity contribution in [3.05, 3.63) is 50.8 Å². The Balaban J connectivity index is 2.27. The van der Waals surface area contributed by atoms with Gasteiger partial charge in [-0.1, -0.05) is 11.6 Å². The monoisotopic (exact) mass is 311 g/mol. The van der Waals surface area contributed by atoms with Gasteiger partial charge in [0.25, 0.3) is 0 Å². The molecule has 0 spiro atoms. The quantitative estimate of drug-likeness (QED) is 0.670. The second-order valence-corrected chi connectivity index (χ2v) is 4.53. The lowest BCUT2D eigenvalue weighted by molar-refractivity contribution is -0.385. The van der Waals surface area contributed by atoms with E-state index in [0.717, 1.165) is 6.07 Å². The van der Waals surface area contributed by atoms with Crippen LogP contribution in [0.3, 0.4) is 0 Å². The first-order valence-corrected chi connectivity index (χ1v) is 6.09. The van der Waals surface area contributed by atoms with Crippen molar-refractivity contribution in [2.24, 2.45) is 7.05 Å². The third-order valence-electron chi connectivity index (χ3n) is 2.77. The van der Waals surface area contributed by atoms with Crippen LogP contribution in [-0.2, 0) is 13.7 Å². The van der Waals surface area contributed by atoms with E-state index in [9.17, 15) is 14.9 Å². The molecule has 1 N–H and O–H groups in total. The summed E-state index contributed by atoms with van der Waals surface area (Å²) in [6, 6.07) is 3.97. The third-order valence-corrected chi connectivity index (χ3v) is 3.01. The molecular weight excluding hydrogens is 302 g/mol. The smallest absolute Gasteiger partial charge is 0.339 e. The molecule has 0 aliphatic heterocycles. The van der Waals surface area contributed by atoms with Gasteiger partial charge in [-0.3, -0.25) is 14.8 Å². The number of nitro benzene ring substituents is 1. The number of carbonyl (C=O) groups is 1. The summed E-state index contributed by atoms with van der Waals surface area (Å²) in [5.41, 5.74) is -0.0117. The summed E-state index contributed by atoms with van der Waals surface area (Å²) >= 11 is 5.70. The molecule has 0 aliphatic rings. The molecule has 1 aromatic carbocycles. The maximum absolute atomic E-state index is 11.0. The Bertz CT molecular complexity index is 713. The van der Waals surface area contributed by atoms with Crippen LogP contribution in [-0.4, -0.2) is 25.8 Å². The van der Waals surface area contributed by atoms with Crippen molar-refractivity contribution in [3.63, 3.8) is 0 Å². The number of aromatic nitrogens is 2. The lowest BCUT2D eigenvalue weighted by Crippen LogP contribution is -2.09. The number of rotatable bonds is 5. The van der Waals surface area contributed by atoms with E-state index in [0.29, 0.717) is 5.69 Å². The SMILES string of the molecule is Cn1ncc(C(=O)O)c1COc1ccc(Cl)cc1[N+](=O)[O-]. The average molecular weight is 312 g/mol. The predicted octanol–water partition coefficient (Wildman–Crippen LogP) is 2.26. The van der Waals surface area contributed by atoms with Gasteiger partial charge in [-0.25, -0.2) is 4.79 Å². The Labute approximate surface area is 123 Å². The number of carboxylic acids is 1. The Morgan fingerprint density at radius 1 is 1.57 bits per heavy atom. The van der Waals surface area contributed by atoms with Gasteiger partial charge in [0.15, 0.2) is 5.75 Å². The highest BCUT2D eigenvalue weighted by Gasteiger charge is 2.19. The van der Waals surface area contributed by atoms with E-state index in [-0.39, 0.29) is 28.6 Å². The molecule has 110 valence electrons. The molecule has 0 amide bonds. The molecule has 2 aromatic rings. The van der Waals surface area contributed by atoms with Gasteiger partial charge >= 0.3 is 11.7 Å². The molecule has 0 unspecified atom stereocenters. The molecule has 0 saturated carbocycles. The maximum Gasteiger partial charge on any atom is 0.339 e. The van der Waals surface area contributed by atoms with Crippen LogP contribution in [0.1, 0.15) is 16.1 Å². The molecule has 0 bridgehead atoms. The van der Waals surface area contributed by atoms with Crippen molar-refractivity contribution in [2.75, 3.05) is 0 Å². The van der Waals surface area contributed by atoms with Gasteiger partial charge in [0, 0.05) is 18.1 Å². The van der Waals surface area contributed by atoms with E-state index >= 15 is 0 Å². The lowest BCUT2D eigenvalue weighted by Gasteiger charge is -2.08. The molecule has 1 aromatic heterocycles. The second-order valence-electron chi connectivity index (χ2n) is 4.09. The Kier molecular flexibility index (Phi) is 4.08. The maximum atomic E-state index is 11.0. The molecule has 0 aliphatic carbocycles. The van der Waals surface area contributed by atoms with E-state index < -0.39 is 10.9 Å². The summed E-state index contributed by atoms with van der Waals surface area (Å²) in [4.78, 5) is 21.3. The zero-order valence-corrected chi connectivity index (χ0v) is 11.6. The summed E-state index contributed by atoms with van der Waals surface area (Å²) in [5.74, 6) is -1.14. The summed E-state index contributed by atoms with van der Waals surface area (Å²) in [5, 5.41) is 24.0. The minimum atomic E-state index is -1.15. The number of halogens is 1. The van der Waals surface area contributed by atoms with E-state index in [1.807, 2.05) is 0 Å². The molecule has 0 fully saturated rings. The number of ether oxygens (including phenoxy) is 1. The van der Waals surface area contributed by atoms with E-state index in [4.69, 9.17) is 21.4 Å². The molecule has 8 nitrogen and oxygen atoms in total. The molecule has 21 heavy (non-hydrogen) atoms. The number of nitro groups is 1. The third kappa shape index (κ3) is 3.11. The Hall–Kier alpha value is -2.61. The molecule has 2 rings (SSSR count). The highest BCUT2D eigenvalue weighted by atomic mass is 35.5. The van der Waals surface area contributed by atoms with Crippen LogP contribution in [0.4, 0.5) is 5.69 Å². The summed E-state index contributed by atoms with van der Waals surface area (Å²) in [7, 11) is 1.56. The van der Waals surface area contributed by atoms with Crippen LogP contribution in [0.5, 0.6) is 5.75 Å². The minimum absolute atomic E-state index is 0.00180.